The number of benzene rings is 11. The van der Waals surface area contributed by atoms with Crippen molar-refractivity contribution >= 4 is 109 Å². The fourth-order valence-corrected chi connectivity index (χ4v) is 12.6. The van der Waals surface area contributed by atoms with Crippen molar-refractivity contribution in [2.75, 3.05) is 0 Å². The molecule has 0 aliphatic heterocycles. The molecule has 16 aromatic rings. The molecule has 5 aromatic heterocycles. The predicted octanol–water partition coefficient (Wildman–Crippen LogP) is 17.0. The summed E-state index contributed by atoms with van der Waals surface area (Å²) in [5.74, 6) is 0. The Bertz CT molecular complexity index is 4850. The van der Waals surface area contributed by atoms with Crippen LogP contribution in [0.2, 0.25) is 0 Å². The van der Waals surface area contributed by atoms with Crippen molar-refractivity contribution in [1.29, 1.82) is 5.26 Å². The van der Waals surface area contributed by atoms with Crippen molar-refractivity contribution in [1.82, 2.24) is 22.8 Å². The second kappa shape index (κ2) is 15.0. The van der Waals surface area contributed by atoms with Gasteiger partial charge in [0.05, 0.1) is 83.5 Å². The van der Waals surface area contributed by atoms with E-state index in [1.807, 2.05) is 0 Å². The average Bonchev–Trinajstić information content (AvgIpc) is 4.27. The predicted molar refractivity (Wildman–Crippen MR) is 303 cm³/mol. The van der Waals surface area contributed by atoms with Gasteiger partial charge < -0.3 is 22.8 Å². The van der Waals surface area contributed by atoms with Crippen LogP contribution >= 0.6 is 0 Å². The standard InChI is InChI=1S/C67H40N6/c68-41-42-39-64(70-56-30-12-9-27-52(56)53-40-43(37-38-63(53)70)69-54-28-10-1-19-44(54)45-20-2-11-29-55(45)69)66(72-59-33-15-5-23-48(59)49-24-6-16-34-60(49)72)67(73-61-35-17-7-25-50(61)51-26-8-18-36-62(51)73)65(42)71-57-31-13-3-21-46(57)47-22-4-14-32-58(47)71/h1-40H. The number of nitrogens with zero attached hydrogens (tertiary/aromatic N) is 6. The van der Waals surface area contributed by atoms with Crippen molar-refractivity contribution in [3.05, 3.63) is 248 Å². The van der Waals surface area contributed by atoms with E-state index >= 15 is 0 Å². The molecule has 6 nitrogen and oxygen atoms in total. The second-order valence-electron chi connectivity index (χ2n) is 19.1. The average molecular weight is 929 g/mol. The maximum Gasteiger partial charge on any atom is 0.101 e. The molecular weight excluding hydrogens is 889 g/mol. The topological polar surface area (TPSA) is 48.4 Å². The summed E-state index contributed by atoms with van der Waals surface area (Å²) in [7, 11) is 0. The summed E-state index contributed by atoms with van der Waals surface area (Å²) < 4.78 is 12.1. The Labute approximate surface area is 417 Å². The zero-order valence-corrected chi connectivity index (χ0v) is 39.3. The smallest absolute Gasteiger partial charge is 0.101 e. The van der Waals surface area contributed by atoms with E-state index in [0.29, 0.717) is 5.56 Å². The maximum absolute atomic E-state index is 12.0. The largest absolute Gasteiger partial charge is 0.309 e. The first-order chi connectivity index (χ1) is 36.2. The summed E-state index contributed by atoms with van der Waals surface area (Å²) in [6.45, 7) is 0. The molecule has 11 aromatic carbocycles. The number of para-hydroxylation sites is 9. The van der Waals surface area contributed by atoms with Gasteiger partial charge in [-0.1, -0.05) is 164 Å². The summed E-state index contributed by atoms with van der Waals surface area (Å²) in [5, 5.41) is 23.6. The lowest BCUT2D eigenvalue weighted by Crippen LogP contribution is -2.14. The van der Waals surface area contributed by atoms with Gasteiger partial charge in [0.1, 0.15) is 6.07 Å². The first kappa shape index (κ1) is 39.7. The lowest BCUT2D eigenvalue weighted by atomic mass is 10.0. The Hall–Kier alpha value is -10.1. The minimum Gasteiger partial charge on any atom is -0.309 e. The quantitative estimate of drug-likeness (QED) is 0.170. The van der Waals surface area contributed by atoms with E-state index in [9.17, 15) is 5.26 Å². The Kier molecular flexibility index (Phi) is 8.14. The monoisotopic (exact) mass is 928 g/mol. The van der Waals surface area contributed by atoms with Gasteiger partial charge in [-0.3, -0.25) is 0 Å². The molecule has 0 aliphatic rings. The molecule has 0 amide bonds. The molecule has 0 N–H and O–H groups in total. The first-order valence-corrected chi connectivity index (χ1v) is 24.8. The lowest BCUT2D eigenvalue weighted by molar-refractivity contribution is 1.02. The van der Waals surface area contributed by atoms with Crippen LogP contribution in [0.4, 0.5) is 0 Å². The number of hydrogen-bond acceptors (Lipinski definition) is 1. The van der Waals surface area contributed by atoms with Gasteiger partial charge in [0, 0.05) is 59.5 Å². The molecule has 0 aliphatic carbocycles. The highest BCUT2D eigenvalue weighted by atomic mass is 15.1. The number of fused-ring (bicyclic) bond motifs is 15. The highest BCUT2D eigenvalue weighted by molar-refractivity contribution is 6.16. The van der Waals surface area contributed by atoms with Crippen molar-refractivity contribution in [3.8, 4) is 34.5 Å². The Morgan fingerprint density at radius 3 is 0.863 bits per heavy atom. The zero-order valence-electron chi connectivity index (χ0n) is 39.3. The van der Waals surface area contributed by atoms with Gasteiger partial charge in [0.25, 0.3) is 0 Å². The van der Waals surface area contributed by atoms with E-state index in [0.717, 1.165) is 127 Å². The van der Waals surface area contributed by atoms with Crippen LogP contribution in [-0.4, -0.2) is 22.8 Å². The van der Waals surface area contributed by atoms with Crippen LogP contribution < -0.4 is 0 Å². The summed E-state index contributed by atoms with van der Waals surface area (Å²) in [5.41, 5.74) is 15.9. The molecule has 0 fully saturated rings. The van der Waals surface area contributed by atoms with Gasteiger partial charge in [0.15, 0.2) is 0 Å². The SMILES string of the molecule is N#Cc1cc(-n2c3ccccc3c3cc(-n4c5ccccc5c5ccccc54)ccc32)c(-n2c3ccccc3c3ccccc32)c(-n2c3ccccc3c3ccccc32)c1-n1c2ccccc2c2ccccc21. The summed E-state index contributed by atoms with van der Waals surface area (Å²) in [4.78, 5) is 0. The van der Waals surface area contributed by atoms with E-state index in [1.54, 1.807) is 0 Å². The highest BCUT2D eigenvalue weighted by Crippen LogP contribution is 2.48. The normalized spacial score (nSPS) is 12.1. The van der Waals surface area contributed by atoms with Crippen LogP contribution in [0.3, 0.4) is 0 Å². The third-order valence-electron chi connectivity index (χ3n) is 15.5. The van der Waals surface area contributed by atoms with Gasteiger partial charge in [-0.15, -0.1) is 0 Å². The molecule has 0 saturated carbocycles. The minimum atomic E-state index is 0.552. The molecule has 0 bridgehead atoms. The van der Waals surface area contributed by atoms with Crippen molar-refractivity contribution in [3.63, 3.8) is 0 Å². The Morgan fingerprint density at radius 2 is 0.507 bits per heavy atom. The molecule has 5 heterocycles. The van der Waals surface area contributed by atoms with Crippen LogP contribution in [-0.2, 0) is 0 Å². The van der Waals surface area contributed by atoms with E-state index in [2.05, 4.69) is 272 Å². The van der Waals surface area contributed by atoms with Crippen molar-refractivity contribution in [2.24, 2.45) is 0 Å². The van der Waals surface area contributed by atoms with E-state index < -0.39 is 0 Å². The third kappa shape index (κ3) is 5.34. The molecule has 0 unspecified atom stereocenters. The van der Waals surface area contributed by atoms with Crippen LogP contribution in [0.1, 0.15) is 5.56 Å². The molecule has 0 saturated heterocycles. The highest BCUT2D eigenvalue weighted by Gasteiger charge is 2.31. The molecule has 0 spiro atoms. The number of nitriles is 1. The number of aromatic nitrogens is 5. The number of hydrogen-bond donors (Lipinski definition) is 0. The summed E-state index contributed by atoms with van der Waals surface area (Å²) in [6.07, 6.45) is 0. The van der Waals surface area contributed by atoms with Gasteiger partial charge in [0.2, 0.25) is 0 Å². The molecule has 16 rings (SSSR count). The van der Waals surface area contributed by atoms with Crippen LogP contribution in [0.5, 0.6) is 0 Å². The molecule has 0 atom stereocenters. The van der Waals surface area contributed by atoms with Gasteiger partial charge in [-0.25, -0.2) is 0 Å². The van der Waals surface area contributed by atoms with Gasteiger partial charge >= 0.3 is 0 Å². The van der Waals surface area contributed by atoms with Gasteiger partial charge in [-0.05, 0) is 78.9 Å². The Balaban J connectivity index is 1.15. The van der Waals surface area contributed by atoms with Crippen LogP contribution in [0.15, 0.2) is 243 Å². The zero-order chi connectivity index (χ0) is 47.9. The number of rotatable bonds is 5. The molecule has 338 valence electrons. The molecule has 6 heteroatoms. The van der Waals surface area contributed by atoms with E-state index in [4.69, 9.17) is 0 Å². The van der Waals surface area contributed by atoms with Crippen molar-refractivity contribution in [2.45, 2.75) is 0 Å². The van der Waals surface area contributed by atoms with E-state index in [-0.39, 0.29) is 0 Å². The Morgan fingerprint density at radius 1 is 0.233 bits per heavy atom. The molecular formula is C67H40N6. The molecule has 73 heavy (non-hydrogen) atoms. The van der Waals surface area contributed by atoms with Crippen LogP contribution in [0.25, 0.3) is 137 Å². The second-order valence-corrected chi connectivity index (χ2v) is 19.1. The van der Waals surface area contributed by atoms with Gasteiger partial charge in [-0.2, -0.15) is 5.26 Å². The maximum atomic E-state index is 12.0. The first-order valence-electron chi connectivity index (χ1n) is 24.8. The minimum absolute atomic E-state index is 0.552. The van der Waals surface area contributed by atoms with Crippen molar-refractivity contribution < 1.29 is 0 Å². The summed E-state index contributed by atoms with van der Waals surface area (Å²) in [6, 6.07) is 90.3. The third-order valence-corrected chi connectivity index (χ3v) is 15.5. The van der Waals surface area contributed by atoms with Crippen LogP contribution in [0, 0.1) is 11.3 Å². The van der Waals surface area contributed by atoms with E-state index in [1.165, 1.54) is 10.8 Å². The molecule has 0 radical (unpaired) electrons. The fraction of sp³-hybridized carbons (Fsp3) is 0. The lowest BCUT2D eigenvalue weighted by Gasteiger charge is -2.26. The summed E-state index contributed by atoms with van der Waals surface area (Å²) >= 11 is 0. The fourth-order valence-electron chi connectivity index (χ4n) is 12.6.